The predicted molar refractivity (Wildman–Crippen MR) is 216 cm³/mol. The molecule has 0 radical (unpaired) electrons. The van der Waals surface area contributed by atoms with Gasteiger partial charge in [0.1, 0.15) is 66.6 Å². The van der Waals surface area contributed by atoms with Gasteiger partial charge in [-0.1, -0.05) is 32.4 Å². The van der Waals surface area contributed by atoms with E-state index in [-0.39, 0.29) is 35.4 Å². The van der Waals surface area contributed by atoms with Crippen LogP contribution in [0.1, 0.15) is 99.3 Å². The van der Waals surface area contributed by atoms with Crippen LogP contribution in [0.2, 0.25) is 0 Å². The van der Waals surface area contributed by atoms with Gasteiger partial charge in [-0.15, -0.1) is 0 Å². The zero-order valence-electron chi connectivity index (χ0n) is 37.2. The standard InChI is InChI=1S/C45H72O18/c1-19-29(47)32(50)34(52)38(57-19)61-36-31(49)27(17-46)60-40(37(36)62-39-35(53)33(51)30(48)20(2)58-39)59-23-9-11-42(5)22(15-23)7-8-24-25(42)10-12-43(6)26(24)16-28-45(43,55)21(3)44(63-28)14-13-41(4,54)18-56-44/h7,19-21,23-40,46-55H,8-18H2,1-6H3/t19-,20-,21+,23-,24+,25-,26-,27+,28-,29-,30-,31+,32+,33+,34+,35+,36-,37+,38-,39-,40+,41-,42-,43-,44+,45+/m0/s1. The first kappa shape index (κ1) is 47.1. The molecule has 0 aromatic carbocycles. The number of allylic oxidation sites excluding steroid dienone is 1. The molecule has 0 amide bonds. The topological polar surface area (TPSA) is 276 Å². The summed E-state index contributed by atoms with van der Waals surface area (Å²) in [6.45, 7) is 10.9. The van der Waals surface area contributed by atoms with E-state index in [1.165, 1.54) is 19.4 Å². The van der Waals surface area contributed by atoms with E-state index < -0.39 is 122 Å². The molecule has 5 aliphatic heterocycles. The maximum absolute atomic E-state index is 12.8. The summed E-state index contributed by atoms with van der Waals surface area (Å²) < 4.78 is 49.9. The Hall–Kier alpha value is -0.980. The van der Waals surface area contributed by atoms with Crippen molar-refractivity contribution in [2.24, 2.45) is 34.5 Å². The third kappa shape index (κ3) is 7.35. The van der Waals surface area contributed by atoms with Crippen molar-refractivity contribution < 1.29 is 89.0 Å². The summed E-state index contributed by atoms with van der Waals surface area (Å²) in [6.07, 6.45) is -14.2. The molecular formula is C45H72O18. The van der Waals surface area contributed by atoms with Crippen molar-refractivity contribution in [1.29, 1.82) is 0 Å². The third-order valence-corrected chi connectivity index (χ3v) is 17.9. The molecule has 8 fully saturated rings. The van der Waals surface area contributed by atoms with Gasteiger partial charge in [-0.2, -0.15) is 0 Å². The Labute approximate surface area is 368 Å². The van der Waals surface area contributed by atoms with Crippen LogP contribution < -0.4 is 0 Å². The Morgan fingerprint density at radius 1 is 0.683 bits per heavy atom. The van der Waals surface area contributed by atoms with Gasteiger partial charge in [0.25, 0.3) is 0 Å². The van der Waals surface area contributed by atoms with E-state index in [2.05, 4.69) is 26.8 Å². The number of hydrogen-bond donors (Lipinski definition) is 10. The van der Waals surface area contributed by atoms with Crippen LogP contribution in [0.25, 0.3) is 0 Å². The molecule has 5 heterocycles. The smallest absolute Gasteiger partial charge is 0.187 e. The Kier molecular flexibility index (Phi) is 12.4. The molecule has 0 aromatic rings. The quantitative estimate of drug-likeness (QED) is 0.144. The molecule has 3 saturated carbocycles. The summed E-state index contributed by atoms with van der Waals surface area (Å²) in [5.74, 6) is -0.271. The maximum Gasteiger partial charge on any atom is 0.187 e. The van der Waals surface area contributed by atoms with Crippen molar-refractivity contribution in [2.75, 3.05) is 13.2 Å². The van der Waals surface area contributed by atoms with Crippen LogP contribution in [-0.4, -0.2) is 186 Å². The molecule has 9 rings (SSSR count). The van der Waals surface area contributed by atoms with Crippen LogP contribution in [0.5, 0.6) is 0 Å². The molecule has 360 valence electrons. The SMILES string of the molecule is C[C@@H]1O[C@@H](O[C@H]2[C@H](O[C@H]3CC[C@@]4(C)C(=CC[C@@H]5[C@@H]4CC[C@@]4(C)[C@H]5C[C@@H]5O[C@]6(CC[C@](C)(O)CO6)[C@@H](C)[C@@]54O)C3)O[C@H](CO)[C@@H](O)[C@@H]2O[C@@H]2O[C@@H](C)[C@H](O)[C@@H](O)[C@H]2O)[C@H](O)[C@H](O)[C@H]1O. The second kappa shape index (κ2) is 16.6. The van der Waals surface area contributed by atoms with Crippen LogP contribution in [0.3, 0.4) is 0 Å². The Bertz CT molecular complexity index is 1690. The molecule has 4 aliphatic carbocycles. The second-order valence-corrected chi connectivity index (χ2v) is 21.5. The monoisotopic (exact) mass is 900 g/mol. The van der Waals surface area contributed by atoms with Crippen molar-refractivity contribution in [3.05, 3.63) is 11.6 Å². The number of aliphatic hydroxyl groups excluding tert-OH is 8. The van der Waals surface area contributed by atoms with Gasteiger partial charge >= 0.3 is 0 Å². The lowest BCUT2D eigenvalue weighted by Gasteiger charge is -2.60. The normalized spacial score (nSPS) is 59.3. The number of aliphatic hydroxyl groups is 10. The summed E-state index contributed by atoms with van der Waals surface area (Å²) in [6, 6.07) is 0. The number of rotatable bonds is 7. The highest BCUT2D eigenvalue weighted by atomic mass is 16.8. The van der Waals surface area contributed by atoms with Gasteiger partial charge < -0.3 is 89.0 Å². The minimum Gasteiger partial charge on any atom is -0.394 e. The average Bonchev–Trinajstić information content (AvgIpc) is 3.61. The highest BCUT2D eigenvalue weighted by molar-refractivity contribution is 5.29. The van der Waals surface area contributed by atoms with Crippen molar-refractivity contribution >= 4 is 0 Å². The third-order valence-electron chi connectivity index (χ3n) is 17.9. The van der Waals surface area contributed by atoms with Crippen LogP contribution in [0.4, 0.5) is 0 Å². The fourth-order valence-corrected chi connectivity index (χ4v) is 13.9. The van der Waals surface area contributed by atoms with Gasteiger partial charge in [0.2, 0.25) is 0 Å². The summed E-state index contributed by atoms with van der Waals surface area (Å²) in [5.41, 5.74) is -1.28. The van der Waals surface area contributed by atoms with Crippen LogP contribution in [0, 0.1) is 34.5 Å². The summed E-state index contributed by atoms with van der Waals surface area (Å²) in [5, 5.41) is 109. The van der Waals surface area contributed by atoms with Gasteiger partial charge in [-0.05, 0) is 95.3 Å². The second-order valence-electron chi connectivity index (χ2n) is 21.5. The predicted octanol–water partition coefficient (Wildman–Crippen LogP) is -0.528. The molecule has 5 saturated heterocycles. The lowest BCUT2D eigenvalue weighted by molar-refractivity contribution is -0.393. The molecule has 0 unspecified atom stereocenters. The summed E-state index contributed by atoms with van der Waals surface area (Å²) >= 11 is 0. The first-order valence-electron chi connectivity index (χ1n) is 23.3. The van der Waals surface area contributed by atoms with Crippen molar-refractivity contribution in [3.63, 3.8) is 0 Å². The molecule has 9 aliphatic rings. The number of hydrogen-bond acceptors (Lipinski definition) is 18. The molecular weight excluding hydrogens is 828 g/mol. The van der Waals surface area contributed by atoms with E-state index in [9.17, 15) is 51.1 Å². The number of fused-ring (bicyclic) bond motifs is 7. The minimum absolute atomic E-state index is 0.154. The van der Waals surface area contributed by atoms with Crippen molar-refractivity contribution in [1.82, 2.24) is 0 Å². The highest BCUT2D eigenvalue weighted by Crippen LogP contribution is 2.72. The molecule has 0 aromatic heterocycles. The molecule has 1 spiro atoms. The van der Waals surface area contributed by atoms with E-state index in [1.54, 1.807) is 6.92 Å². The van der Waals surface area contributed by atoms with Gasteiger partial charge in [-0.3, -0.25) is 0 Å². The fourth-order valence-electron chi connectivity index (χ4n) is 13.9. The van der Waals surface area contributed by atoms with Crippen molar-refractivity contribution in [3.8, 4) is 0 Å². The largest absolute Gasteiger partial charge is 0.394 e. The van der Waals surface area contributed by atoms with E-state index >= 15 is 0 Å². The Morgan fingerprint density at radius 3 is 1.92 bits per heavy atom. The van der Waals surface area contributed by atoms with Crippen molar-refractivity contribution in [2.45, 2.75) is 221 Å². The van der Waals surface area contributed by atoms with Crippen LogP contribution in [0.15, 0.2) is 11.6 Å². The van der Waals surface area contributed by atoms with Crippen LogP contribution >= 0.6 is 0 Å². The zero-order valence-corrected chi connectivity index (χ0v) is 37.2. The van der Waals surface area contributed by atoms with Crippen LogP contribution in [-0.2, 0) is 37.9 Å². The minimum atomic E-state index is -1.76. The highest BCUT2D eigenvalue weighted by Gasteiger charge is 2.76. The molecule has 0 bridgehead atoms. The lowest BCUT2D eigenvalue weighted by Crippen LogP contribution is -2.67. The van der Waals surface area contributed by atoms with E-state index in [1.807, 2.05) is 0 Å². The summed E-state index contributed by atoms with van der Waals surface area (Å²) in [4.78, 5) is 0. The molecule has 10 N–H and O–H groups in total. The molecule has 18 heteroatoms. The zero-order chi connectivity index (χ0) is 45.3. The fraction of sp³-hybridized carbons (Fsp3) is 0.956. The molecule has 18 nitrogen and oxygen atoms in total. The van der Waals surface area contributed by atoms with Gasteiger partial charge in [-0.25, -0.2) is 0 Å². The van der Waals surface area contributed by atoms with Gasteiger partial charge in [0.15, 0.2) is 24.7 Å². The van der Waals surface area contributed by atoms with Gasteiger partial charge in [0, 0.05) is 17.8 Å². The molecule has 26 atom stereocenters. The Balaban J connectivity index is 0.942. The number of ether oxygens (including phenoxy) is 8. The summed E-state index contributed by atoms with van der Waals surface area (Å²) in [7, 11) is 0. The molecule has 63 heavy (non-hydrogen) atoms. The van der Waals surface area contributed by atoms with E-state index in [4.69, 9.17) is 37.9 Å². The van der Waals surface area contributed by atoms with E-state index in [0.717, 1.165) is 32.1 Å². The first-order chi connectivity index (χ1) is 29.6. The average molecular weight is 901 g/mol. The van der Waals surface area contributed by atoms with E-state index in [0.29, 0.717) is 37.5 Å². The van der Waals surface area contributed by atoms with Gasteiger partial charge in [0.05, 0.1) is 43.2 Å². The maximum atomic E-state index is 12.8. The Morgan fingerprint density at radius 2 is 1.32 bits per heavy atom. The lowest BCUT2D eigenvalue weighted by atomic mass is 9.46. The first-order valence-corrected chi connectivity index (χ1v) is 23.3.